The molecule has 0 spiro atoms. The molecule has 0 amide bonds. The molecule has 0 aromatic rings. The Balaban J connectivity index is 2.06. The lowest BCUT2D eigenvalue weighted by atomic mass is 9.96. The second kappa shape index (κ2) is 5.57. The van der Waals surface area contributed by atoms with Crippen LogP contribution < -0.4 is 5.32 Å². The molecule has 2 rings (SSSR count). The van der Waals surface area contributed by atoms with Crippen LogP contribution in [0.25, 0.3) is 0 Å². The Morgan fingerprint density at radius 2 is 2.06 bits per heavy atom. The first-order chi connectivity index (χ1) is 8.57. The molecule has 1 aliphatic carbocycles. The fraction of sp³-hybridized carbons (Fsp3) is 0.929. The van der Waals surface area contributed by atoms with E-state index in [0.29, 0.717) is 12.1 Å². The van der Waals surface area contributed by atoms with Crippen LogP contribution in [0.3, 0.4) is 0 Å². The highest BCUT2D eigenvalue weighted by Crippen LogP contribution is 2.28. The number of esters is 1. The van der Waals surface area contributed by atoms with E-state index in [4.69, 9.17) is 4.74 Å². The van der Waals surface area contributed by atoms with E-state index in [0.717, 1.165) is 19.5 Å². The molecule has 4 heteroatoms. The average molecular weight is 254 g/mol. The summed E-state index contributed by atoms with van der Waals surface area (Å²) in [5.74, 6) is -0.0856. The molecule has 2 aliphatic rings. The lowest BCUT2D eigenvalue weighted by Crippen LogP contribution is -2.58. The van der Waals surface area contributed by atoms with E-state index in [-0.39, 0.29) is 5.97 Å². The van der Waals surface area contributed by atoms with Gasteiger partial charge in [-0.15, -0.1) is 0 Å². The van der Waals surface area contributed by atoms with Gasteiger partial charge in [-0.3, -0.25) is 15.0 Å². The topological polar surface area (TPSA) is 41.6 Å². The van der Waals surface area contributed by atoms with Crippen LogP contribution in [-0.4, -0.2) is 48.7 Å². The Morgan fingerprint density at radius 1 is 1.39 bits per heavy atom. The maximum atomic E-state index is 12.2. The van der Waals surface area contributed by atoms with E-state index >= 15 is 0 Å². The quantitative estimate of drug-likeness (QED) is 0.773. The molecule has 18 heavy (non-hydrogen) atoms. The van der Waals surface area contributed by atoms with Gasteiger partial charge in [0, 0.05) is 25.2 Å². The van der Waals surface area contributed by atoms with Gasteiger partial charge in [0.2, 0.25) is 0 Å². The first-order valence-corrected chi connectivity index (χ1v) is 7.17. The minimum atomic E-state index is -0.464. The molecule has 0 aromatic carbocycles. The molecule has 1 saturated heterocycles. The van der Waals surface area contributed by atoms with Crippen LogP contribution in [0, 0.1) is 0 Å². The van der Waals surface area contributed by atoms with Crippen LogP contribution in [0.1, 0.15) is 46.0 Å². The number of hydrogen-bond acceptors (Lipinski definition) is 4. The van der Waals surface area contributed by atoms with Gasteiger partial charge >= 0.3 is 5.97 Å². The Hall–Kier alpha value is -0.610. The Kier molecular flexibility index (Phi) is 4.28. The van der Waals surface area contributed by atoms with Crippen molar-refractivity contribution in [3.05, 3.63) is 0 Å². The summed E-state index contributed by atoms with van der Waals surface area (Å²) >= 11 is 0. The van der Waals surface area contributed by atoms with Gasteiger partial charge in [-0.25, -0.2) is 0 Å². The van der Waals surface area contributed by atoms with Crippen molar-refractivity contribution in [3.63, 3.8) is 0 Å². The van der Waals surface area contributed by atoms with Gasteiger partial charge in [0.15, 0.2) is 0 Å². The monoisotopic (exact) mass is 254 g/mol. The van der Waals surface area contributed by atoms with Crippen molar-refractivity contribution in [1.29, 1.82) is 0 Å². The molecule has 0 bridgehead atoms. The number of methoxy groups -OCH3 is 1. The third kappa shape index (κ3) is 2.69. The van der Waals surface area contributed by atoms with Gasteiger partial charge in [0.05, 0.1) is 7.11 Å². The number of ether oxygens (including phenoxy) is 1. The van der Waals surface area contributed by atoms with Crippen molar-refractivity contribution in [2.75, 3.05) is 20.2 Å². The molecule has 1 saturated carbocycles. The lowest BCUT2D eigenvalue weighted by molar-refractivity contribution is -0.148. The number of nitrogens with one attached hydrogen (secondary N) is 1. The SMILES string of the molecule is COC(=O)C1(NC2CCCC2)CCN(C(C)C)C1. The summed E-state index contributed by atoms with van der Waals surface area (Å²) in [4.78, 5) is 14.5. The van der Waals surface area contributed by atoms with Gasteiger partial charge in [-0.1, -0.05) is 12.8 Å². The van der Waals surface area contributed by atoms with Gasteiger partial charge in [-0.2, -0.15) is 0 Å². The fourth-order valence-corrected chi connectivity index (χ4v) is 3.28. The molecule has 4 nitrogen and oxygen atoms in total. The third-order valence-electron chi connectivity index (χ3n) is 4.44. The van der Waals surface area contributed by atoms with Gasteiger partial charge in [0.25, 0.3) is 0 Å². The van der Waals surface area contributed by atoms with Crippen molar-refractivity contribution in [3.8, 4) is 0 Å². The van der Waals surface area contributed by atoms with E-state index in [1.165, 1.54) is 32.8 Å². The summed E-state index contributed by atoms with van der Waals surface area (Å²) in [6.45, 7) is 6.13. The molecule has 2 fully saturated rings. The molecular weight excluding hydrogens is 228 g/mol. The molecule has 1 unspecified atom stereocenters. The summed E-state index contributed by atoms with van der Waals surface area (Å²) in [5.41, 5.74) is -0.464. The maximum absolute atomic E-state index is 12.2. The van der Waals surface area contributed by atoms with E-state index in [2.05, 4.69) is 24.1 Å². The first kappa shape index (κ1) is 13.8. The number of likely N-dealkylation sites (tertiary alicyclic amines) is 1. The second-order valence-electron chi connectivity index (χ2n) is 6.01. The van der Waals surface area contributed by atoms with E-state index in [1.54, 1.807) is 0 Å². The normalized spacial score (nSPS) is 30.2. The number of rotatable bonds is 4. The minimum Gasteiger partial charge on any atom is -0.468 e. The van der Waals surface area contributed by atoms with Gasteiger partial charge in [0.1, 0.15) is 5.54 Å². The lowest BCUT2D eigenvalue weighted by Gasteiger charge is -2.32. The minimum absolute atomic E-state index is 0.0856. The number of hydrogen-bond donors (Lipinski definition) is 1. The zero-order valence-electron chi connectivity index (χ0n) is 11.9. The van der Waals surface area contributed by atoms with Crippen LogP contribution in [0.15, 0.2) is 0 Å². The zero-order valence-corrected chi connectivity index (χ0v) is 11.9. The molecule has 104 valence electrons. The Labute approximate surface area is 110 Å². The summed E-state index contributed by atoms with van der Waals surface area (Å²) in [5, 5.41) is 3.61. The Bertz CT molecular complexity index is 300. The van der Waals surface area contributed by atoms with Gasteiger partial charge < -0.3 is 4.74 Å². The largest absolute Gasteiger partial charge is 0.468 e. The summed E-state index contributed by atoms with van der Waals surface area (Å²) < 4.78 is 5.05. The average Bonchev–Trinajstić information content (AvgIpc) is 2.98. The van der Waals surface area contributed by atoms with Crippen LogP contribution in [0.4, 0.5) is 0 Å². The van der Waals surface area contributed by atoms with Crippen molar-refractivity contribution < 1.29 is 9.53 Å². The molecular formula is C14H26N2O2. The highest BCUT2D eigenvalue weighted by molar-refractivity contribution is 5.81. The predicted molar refractivity (Wildman–Crippen MR) is 71.5 cm³/mol. The number of nitrogens with zero attached hydrogens (tertiary/aromatic N) is 1. The van der Waals surface area contributed by atoms with E-state index < -0.39 is 5.54 Å². The molecule has 0 aromatic heterocycles. The third-order valence-corrected chi connectivity index (χ3v) is 4.44. The maximum Gasteiger partial charge on any atom is 0.327 e. The summed E-state index contributed by atoms with van der Waals surface area (Å²) in [7, 11) is 1.50. The predicted octanol–water partition coefficient (Wildman–Crippen LogP) is 1.54. The summed E-state index contributed by atoms with van der Waals surface area (Å²) in [6.07, 6.45) is 5.82. The highest BCUT2D eigenvalue weighted by Gasteiger charge is 2.47. The highest BCUT2D eigenvalue weighted by atomic mass is 16.5. The second-order valence-corrected chi connectivity index (χ2v) is 6.01. The van der Waals surface area contributed by atoms with E-state index in [9.17, 15) is 4.79 Å². The van der Waals surface area contributed by atoms with Crippen LogP contribution in [-0.2, 0) is 9.53 Å². The van der Waals surface area contributed by atoms with Crippen molar-refractivity contribution >= 4 is 5.97 Å². The molecule has 1 atom stereocenters. The molecule has 0 radical (unpaired) electrons. The molecule has 1 aliphatic heterocycles. The van der Waals surface area contributed by atoms with Crippen molar-refractivity contribution in [2.45, 2.75) is 63.6 Å². The standard InChI is InChI=1S/C14H26N2O2/c1-11(2)16-9-8-14(10-16,13(17)18-3)15-12-6-4-5-7-12/h11-12,15H,4-10H2,1-3H3. The molecule has 1 heterocycles. The number of carbonyl (C=O) groups excluding carboxylic acids is 1. The molecule has 1 N–H and O–H groups in total. The number of carbonyl (C=O) groups is 1. The zero-order chi connectivity index (χ0) is 13.2. The Morgan fingerprint density at radius 3 is 2.56 bits per heavy atom. The van der Waals surface area contributed by atoms with Gasteiger partial charge in [-0.05, 0) is 33.1 Å². The van der Waals surface area contributed by atoms with Crippen LogP contribution in [0.5, 0.6) is 0 Å². The first-order valence-electron chi connectivity index (χ1n) is 7.17. The van der Waals surface area contributed by atoms with Crippen molar-refractivity contribution in [1.82, 2.24) is 10.2 Å². The van der Waals surface area contributed by atoms with Crippen LogP contribution >= 0.6 is 0 Å². The fourth-order valence-electron chi connectivity index (χ4n) is 3.28. The van der Waals surface area contributed by atoms with E-state index in [1.807, 2.05) is 0 Å². The van der Waals surface area contributed by atoms with Crippen LogP contribution in [0.2, 0.25) is 0 Å². The van der Waals surface area contributed by atoms with Crippen molar-refractivity contribution in [2.24, 2.45) is 0 Å². The summed E-state index contributed by atoms with van der Waals surface area (Å²) in [6, 6.07) is 0.984. The smallest absolute Gasteiger partial charge is 0.327 e.